The van der Waals surface area contributed by atoms with Crippen LogP contribution >= 0.6 is 0 Å². The fourth-order valence-corrected chi connectivity index (χ4v) is 0.828. The molecule has 0 radical (unpaired) electrons. The molecule has 0 atom stereocenters. The minimum atomic E-state index is 0.209. The molecule has 1 nitrogen and oxygen atoms in total. The van der Waals surface area contributed by atoms with Crippen LogP contribution in [0.15, 0.2) is 30.3 Å². The van der Waals surface area contributed by atoms with Gasteiger partial charge in [0.1, 0.15) is 0 Å². The monoisotopic (exact) mass is 174 g/mol. The van der Waals surface area contributed by atoms with Crippen molar-refractivity contribution < 1.29 is 4.79 Å². The molecule has 13 heavy (non-hydrogen) atoms. The first-order valence-electron chi connectivity index (χ1n) is 4.21. The summed E-state index contributed by atoms with van der Waals surface area (Å²) in [5.74, 6) is 2.46. The number of hydrogen-bond donors (Lipinski definition) is 0. The second kappa shape index (κ2) is 7.12. The highest BCUT2D eigenvalue weighted by molar-refractivity contribution is 5.95. The van der Waals surface area contributed by atoms with Gasteiger partial charge in [0.15, 0.2) is 5.78 Å². The van der Waals surface area contributed by atoms with Crippen LogP contribution in [0.25, 0.3) is 0 Å². The van der Waals surface area contributed by atoms with Crippen molar-refractivity contribution in [3.05, 3.63) is 35.9 Å². The smallest absolute Gasteiger partial charge is 0.162 e. The Kier molecular flexibility index (Phi) is 6.27. The maximum Gasteiger partial charge on any atom is 0.162 e. The SMILES string of the molecule is C#CC.CCC(=O)c1ccccc1. The van der Waals surface area contributed by atoms with Crippen molar-refractivity contribution in [3.8, 4) is 12.3 Å². The van der Waals surface area contributed by atoms with Crippen molar-refractivity contribution in [2.45, 2.75) is 20.3 Å². The molecule has 0 amide bonds. The van der Waals surface area contributed by atoms with Gasteiger partial charge < -0.3 is 0 Å². The maximum atomic E-state index is 11.0. The topological polar surface area (TPSA) is 17.1 Å². The molecule has 0 aromatic heterocycles. The molecule has 0 bridgehead atoms. The average molecular weight is 174 g/mol. The van der Waals surface area contributed by atoms with E-state index in [9.17, 15) is 4.79 Å². The number of carbonyl (C=O) groups is 1. The summed E-state index contributed by atoms with van der Waals surface area (Å²) in [4.78, 5) is 11.0. The van der Waals surface area contributed by atoms with Crippen molar-refractivity contribution in [1.29, 1.82) is 0 Å². The molecular weight excluding hydrogens is 160 g/mol. The Bertz CT molecular complexity index is 280. The number of rotatable bonds is 2. The molecule has 68 valence electrons. The third-order valence-electron chi connectivity index (χ3n) is 1.42. The second-order valence-electron chi connectivity index (χ2n) is 2.43. The number of benzene rings is 1. The number of Topliss-reactive ketones (excluding diaryl/α,β-unsaturated/α-hetero) is 1. The Balaban J connectivity index is 0.000000424. The average Bonchev–Trinajstić information content (AvgIpc) is 2.19. The van der Waals surface area contributed by atoms with Gasteiger partial charge in [-0.15, -0.1) is 12.3 Å². The Morgan fingerprint density at radius 2 is 1.85 bits per heavy atom. The Morgan fingerprint density at radius 1 is 1.38 bits per heavy atom. The Morgan fingerprint density at radius 3 is 2.23 bits per heavy atom. The minimum Gasteiger partial charge on any atom is -0.294 e. The first kappa shape index (κ1) is 11.4. The molecule has 1 heteroatoms. The van der Waals surface area contributed by atoms with Crippen LogP contribution in [0, 0.1) is 12.3 Å². The zero-order valence-electron chi connectivity index (χ0n) is 8.08. The second-order valence-corrected chi connectivity index (χ2v) is 2.43. The maximum absolute atomic E-state index is 11.0. The van der Waals surface area contributed by atoms with Crippen LogP contribution in [0.3, 0.4) is 0 Å². The Hall–Kier alpha value is -1.55. The predicted octanol–water partition coefficient (Wildman–Crippen LogP) is 2.92. The molecule has 0 aliphatic heterocycles. The lowest BCUT2D eigenvalue weighted by Crippen LogP contribution is -1.94. The van der Waals surface area contributed by atoms with E-state index < -0.39 is 0 Å². The van der Waals surface area contributed by atoms with Crippen molar-refractivity contribution in [2.75, 3.05) is 0 Å². The minimum absolute atomic E-state index is 0.209. The molecule has 1 aromatic carbocycles. The first-order chi connectivity index (χ1) is 6.26. The van der Waals surface area contributed by atoms with Gasteiger partial charge in [0.2, 0.25) is 0 Å². The van der Waals surface area contributed by atoms with Gasteiger partial charge in [0.05, 0.1) is 0 Å². The van der Waals surface area contributed by atoms with E-state index in [2.05, 4.69) is 12.3 Å². The van der Waals surface area contributed by atoms with E-state index in [1.54, 1.807) is 6.92 Å². The van der Waals surface area contributed by atoms with Crippen molar-refractivity contribution in [1.82, 2.24) is 0 Å². The summed E-state index contributed by atoms with van der Waals surface area (Å²) in [7, 11) is 0. The summed E-state index contributed by atoms with van der Waals surface area (Å²) in [5, 5.41) is 0. The fourth-order valence-electron chi connectivity index (χ4n) is 0.828. The predicted molar refractivity (Wildman–Crippen MR) is 55.6 cm³/mol. The fraction of sp³-hybridized carbons (Fsp3) is 0.250. The van der Waals surface area contributed by atoms with Crippen molar-refractivity contribution >= 4 is 5.78 Å². The highest BCUT2D eigenvalue weighted by atomic mass is 16.1. The summed E-state index contributed by atoms with van der Waals surface area (Å²) in [5.41, 5.74) is 0.810. The van der Waals surface area contributed by atoms with Crippen LogP contribution in [-0.4, -0.2) is 5.78 Å². The van der Waals surface area contributed by atoms with Crippen LogP contribution in [-0.2, 0) is 0 Å². The number of terminal acetylenes is 1. The summed E-state index contributed by atoms with van der Waals surface area (Å²) in [6.07, 6.45) is 5.18. The van der Waals surface area contributed by atoms with Crippen LogP contribution in [0.4, 0.5) is 0 Å². The van der Waals surface area contributed by atoms with Gasteiger partial charge in [0, 0.05) is 12.0 Å². The third kappa shape index (κ3) is 4.81. The van der Waals surface area contributed by atoms with Crippen molar-refractivity contribution in [3.63, 3.8) is 0 Å². The zero-order valence-corrected chi connectivity index (χ0v) is 8.08. The molecule has 0 fully saturated rings. The summed E-state index contributed by atoms with van der Waals surface area (Å²) < 4.78 is 0. The van der Waals surface area contributed by atoms with Crippen LogP contribution < -0.4 is 0 Å². The molecule has 0 saturated heterocycles. The van der Waals surface area contributed by atoms with Crippen LogP contribution in [0.2, 0.25) is 0 Å². The van der Waals surface area contributed by atoms with E-state index >= 15 is 0 Å². The van der Waals surface area contributed by atoms with Crippen molar-refractivity contribution in [2.24, 2.45) is 0 Å². The quantitative estimate of drug-likeness (QED) is 0.497. The number of hydrogen-bond acceptors (Lipinski definition) is 1. The summed E-state index contributed by atoms with van der Waals surface area (Å²) >= 11 is 0. The lowest BCUT2D eigenvalue weighted by Gasteiger charge is -1.93. The molecule has 1 aromatic rings. The van der Waals surface area contributed by atoms with Gasteiger partial charge >= 0.3 is 0 Å². The third-order valence-corrected chi connectivity index (χ3v) is 1.42. The summed E-state index contributed by atoms with van der Waals surface area (Å²) in [6, 6.07) is 9.34. The molecular formula is C12H14O. The van der Waals surface area contributed by atoms with Crippen LogP contribution in [0.5, 0.6) is 0 Å². The van der Waals surface area contributed by atoms with E-state index in [1.165, 1.54) is 0 Å². The largest absolute Gasteiger partial charge is 0.294 e. The lowest BCUT2D eigenvalue weighted by atomic mass is 10.1. The van der Waals surface area contributed by atoms with E-state index in [1.807, 2.05) is 37.3 Å². The highest BCUT2D eigenvalue weighted by Crippen LogP contribution is 2.01. The normalized spacial score (nSPS) is 7.77. The van der Waals surface area contributed by atoms with Gasteiger partial charge in [-0.1, -0.05) is 37.3 Å². The van der Waals surface area contributed by atoms with E-state index in [-0.39, 0.29) is 5.78 Å². The van der Waals surface area contributed by atoms with Crippen LogP contribution in [0.1, 0.15) is 30.6 Å². The molecule has 0 aliphatic rings. The van der Waals surface area contributed by atoms with Gasteiger partial charge in [-0.2, -0.15) is 0 Å². The van der Waals surface area contributed by atoms with Gasteiger partial charge in [-0.3, -0.25) is 4.79 Å². The molecule has 0 spiro atoms. The summed E-state index contributed by atoms with van der Waals surface area (Å²) in [6.45, 7) is 3.52. The lowest BCUT2D eigenvalue weighted by molar-refractivity contribution is 0.0988. The molecule has 0 unspecified atom stereocenters. The van der Waals surface area contributed by atoms with Gasteiger partial charge in [0.25, 0.3) is 0 Å². The molecule has 0 aliphatic carbocycles. The van der Waals surface area contributed by atoms with Gasteiger partial charge in [-0.05, 0) is 6.92 Å². The number of ketones is 1. The molecule has 0 saturated carbocycles. The van der Waals surface area contributed by atoms with E-state index in [4.69, 9.17) is 0 Å². The molecule has 0 N–H and O–H groups in total. The van der Waals surface area contributed by atoms with E-state index in [0.29, 0.717) is 6.42 Å². The zero-order chi connectivity index (χ0) is 10.1. The van der Waals surface area contributed by atoms with Gasteiger partial charge in [-0.25, -0.2) is 0 Å². The molecule has 1 rings (SSSR count). The number of carbonyl (C=O) groups excluding carboxylic acids is 1. The van der Waals surface area contributed by atoms with E-state index in [0.717, 1.165) is 5.56 Å². The first-order valence-corrected chi connectivity index (χ1v) is 4.21. The standard InChI is InChI=1S/C9H10O.C3H4/c1-2-9(10)8-6-4-3-5-7-8;1-3-2/h3-7H,2H2,1H3;1H,2H3. The molecule has 0 heterocycles. The highest BCUT2D eigenvalue weighted by Gasteiger charge is 1.98. The Labute approximate surface area is 79.8 Å².